The zero-order valence-electron chi connectivity index (χ0n) is 15.9. The number of nitrogens with two attached hydrogens (primary N) is 2. The van der Waals surface area contributed by atoms with Crippen LogP contribution in [0, 0.1) is 0 Å². The van der Waals surface area contributed by atoms with Gasteiger partial charge < -0.3 is 10.6 Å². The Hall–Kier alpha value is -3.66. The molecule has 10 heteroatoms. The SMILES string of the molecule is CN(C/C(N)=C/N(N)c1ccccc1)C1=CC(=O)N(C2CCC(=O)NC2=O)C1=O. The second-order valence-electron chi connectivity index (χ2n) is 6.81. The number of likely N-dealkylation sites (N-methyl/N-ethyl adjacent to an activating group) is 1. The largest absolute Gasteiger partial charge is 0.399 e. The van der Waals surface area contributed by atoms with Gasteiger partial charge in [0.1, 0.15) is 11.7 Å². The lowest BCUT2D eigenvalue weighted by atomic mass is 10.0. The Morgan fingerprint density at radius 2 is 1.93 bits per heavy atom. The Morgan fingerprint density at radius 3 is 2.59 bits per heavy atom. The van der Waals surface area contributed by atoms with Crippen molar-refractivity contribution in [1.29, 1.82) is 0 Å². The van der Waals surface area contributed by atoms with Crippen molar-refractivity contribution in [3.63, 3.8) is 0 Å². The fraction of sp³-hybridized carbons (Fsp3) is 0.263. The molecule has 1 unspecified atom stereocenters. The van der Waals surface area contributed by atoms with E-state index in [9.17, 15) is 19.2 Å². The topological polar surface area (TPSA) is 142 Å². The molecule has 10 nitrogen and oxygen atoms in total. The van der Waals surface area contributed by atoms with Crippen LogP contribution in [-0.2, 0) is 19.2 Å². The van der Waals surface area contributed by atoms with Crippen molar-refractivity contribution in [1.82, 2.24) is 15.1 Å². The highest BCUT2D eigenvalue weighted by Crippen LogP contribution is 2.23. The number of carbonyl (C=O) groups excluding carboxylic acids is 4. The van der Waals surface area contributed by atoms with Crippen LogP contribution < -0.4 is 21.9 Å². The predicted octanol–water partition coefficient (Wildman–Crippen LogP) is -0.843. The molecule has 0 spiro atoms. The lowest BCUT2D eigenvalue weighted by Gasteiger charge is -2.29. The van der Waals surface area contributed by atoms with Gasteiger partial charge in [0.15, 0.2) is 0 Å². The van der Waals surface area contributed by atoms with Gasteiger partial charge in [-0.05, 0) is 18.6 Å². The van der Waals surface area contributed by atoms with Crippen LogP contribution in [0.15, 0.2) is 54.0 Å². The highest BCUT2D eigenvalue weighted by molar-refractivity contribution is 6.18. The summed E-state index contributed by atoms with van der Waals surface area (Å²) in [6.07, 6.45) is 2.86. The van der Waals surface area contributed by atoms with Crippen molar-refractivity contribution in [2.75, 3.05) is 18.6 Å². The number of carbonyl (C=O) groups is 4. The number of para-hydroxylation sites is 1. The number of anilines is 1. The zero-order chi connectivity index (χ0) is 21.1. The monoisotopic (exact) mass is 398 g/mol. The van der Waals surface area contributed by atoms with Crippen LogP contribution >= 0.6 is 0 Å². The summed E-state index contributed by atoms with van der Waals surface area (Å²) in [5, 5.41) is 3.51. The van der Waals surface area contributed by atoms with Crippen molar-refractivity contribution in [2.24, 2.45) is 11.6 Å². The second kappa shape index (κ2) is 8.15. The van der Waals surface area contributed by atoms with Crippen LogP contribution in [0.3, 0.4) is 0 Å². The van der Waals surface area contributed by atoms with E-state index in [4.69, 9.17) is 11.6 Å². The Morgan fingerprint density at radius 1 is 1.24 bits per heavy atom. The van der Waals surface area contributed by atoms with Crippen LogP contribution in [0.5, 0.6) is 0 Å². The number of nitrogens with zero attached hydrogens (tertiary/aromatic N) is 3. The standard InChI is InChI=1S/C19H22N6O4/c1-23(10-12(20)11-24(21)13-5-3-2-4-6-13)15-9-17(27)25(19(15)29)14-7-8-16(26)22-18(14)28/h2-6,9,11,14H,7-8,10,20-21H2,1H3,(H,22,26,28)/b12-11-. The van der Waals surface area contributed by atoms with Gasteiger partial charge in [-0.1, -0.05) is 18.2 Å². The Bertz CT molecular complexity index is 911. The molecule has 152 valence electrons. The second-order valence-corrected chi connectivity index (χ2v) is 6.81. The van der Waals surface area contributed by atoms with Gasteiger partial charge in [0.2, 0.25) is 11.8 Å². The van der Waals surface area contributed by atoms with Gasteiger partial charge in [-0.15, -0.1) is 0 Å². The molecule has 1 atom stereocenters. The maximum Gasteiger partial charge on any atom is 0.277 e. The van der Waals surface area contributed by atoms with E-state index in [0.29, 0.717) is 5.70 Å². The molecule has 1 fully saturated rings. The molecule has 2 aliphatic heterocycles. The number of hydrogen-bond donors (Lipinski definition) is 3. The fourth-order valence-corrected chi connectivity index (χ4v) is 3.22. The van der Waals surface area contributed by atoms with Gasteiger partial charge >= 0.3 is 0 Å². The van der Waals surface area contributed by atoms with Gasteiger partial charge in [-0.3, -0.25) is 34.4 Å². The zero-order valence-corrected chi connectivity index (χ0v) is 15.9. The van der Waals surface area contributed by atoms with Crippen LogP contribution in [0.4, 0.5) is 5.69 Å². The van der Waals surface area contributed by atoms with E-state index in [1.54, 1.807) is 7.05 Å². The molecule has 0 bridgehead atoms. The fourth-order valence-electron chi connectivity index (χ4n) is 3.22. The highest BCUT2D eigenvalue weighted by Gasteiger charge is 2.43. The molecule has 0 aliphatic carbocycles. The van der Waals surface area contributed by atoms with Gasteiger partial charge in [-0.25, -0.2) is 5.84 Å². The molecule has 1 saturated heterocycles. The number of hydrogen-bond acceptors (Lipinski definition) is 8. The van der Waals surface area contributed by atoms with E-state index in [2.05, 4.69) is 5.32 Å². The Balaban J connectivity index is 1.67. The summed E-state index contributed by atoms with van der Waals surface area (Å²) in [5.41, 5.74) is 7.24. The van der Waals surface area contributed by atoms with Crippen molar-refractivity contribution >= 4 is 29.3 Å². The van der Waals surface area contributed by atoms with Gasteiger partial charge in [0, 0.05) is 31.4 Å². The van der Waals surface area contributed by atoms with E-state index in [1.807, 2.05) is 30.3 Å². The molecule has 3 rings (SSSR count). The first kappa shape index (κ1) is 20.1. The average molecular weight is 398 g/mol. The lowest BCUT2D eigenvalue weighted by Crippen LogP contribution is -2.55. The van der Waals surface area contributed by atoms with Gasteiger partial charge in [0.05, 0.1) is 12.2 Å². The number of hydrazine groups is 1. The summed E-state index contributed by atoms with van der Waals surface area (Å²) in [5.74, 6) is 3.69. The molecule has 2 heterocycles. The number of imide groups is 2. The molecule has 1 aromatic carbocycles. The van der Waals surface area contributed by atoms with Crippen LogP contribution in [-0.4, -0.2) is 53.1 Å². The summed E-state index contributed by atoms with van der Waals surface area (Å²) in [6, 6.07) is 8.16. The van der Waals surface area contributed by atoms with E-state index >= 15 is 0 Å². The highest BCUT2D eigenvalue weighted by atomic mass is 16.2. The minimum atomic E-state index is -1.000. The molecule has 29 heavy (non-hydrogen) atoms. The van der Waals surface area contributed by atoms with Crippen molar-refractivity contribution < 1.29 is 19.2 Å². The van der Waals surface area contributed by atoms with Crippen LogP contribution in [0.1, 0.15) is 12.8 Å². The van der Waals surface area contributed by atoms with Gasteiger partial charge in [-0.2, -0.15) is 0 Å². The summed E-state index contributed by atoms with van der Waals surface area (Å²) in [7, 11) is 1.61. The van der Waals surface area contributed by atoms with E-state index < -0.39 is 29.7 Å². The predicted molar refractivity (Wildman–Crippen MR) is 104 cm³/mol. The van der Waals surface area contributed by atoms with Crippen LogP contribution in [0.25, 0.3) is 0 Å². The number of nitrogens with one attached hydrogen (secondary N) is 1. The lowest BCUT2D eigenvalue weighted by molar-refractivity contribution is -0.150. The summed E-state index contributed by atoms with van der Waals surface area (Å²) < 4.78 is 0. The maximum absolute atomic E-state index is 12.7. The molecule has 4 amide bonds. The van der Waals surface area contributed by atoms with Crippen molar-refractivity contribution in [3.05, 3.63) is 54.0 Å². The number of amides is 4. The first-order chi connectivity index (χ1) is 13.8. The van der Waals surface area contributed by atoms with Gasteiger partial charge in [0.25, 0.3) is 11.8 Å². The maximum atomic E-state index is 12.7. The Kier molecular flexibility index (Phi) is 5.64. The summed E-state index contributed by atoms with van der Waals surface area (Å²) >= 11 is 0. The summed E-state index contributed by atoms with van der Waals surface area (Å²) in [4.78, 5) is 50.8. The quantitative estimate of drug-likeness (QED) is 0.320. The third kappa shape index (κ3) is 4.27. The van der Waals surface area contributed by atoms with E-state index in [0.717, 1.165) is 16.7 Å². The van der Waals surface area contributed by atoms with Crippen LogP contribution in [0.2, 0.25) is 0 Å². The third-order valence-corrected chi connectivity index (χ3v) is 4.65. The first-order valence-corrected chi connectivity index (χ1v) is 8.97. The number of piperidine rings is 1. The molecule has 0 saturated carbocycles. The molecule has 1 aromatic rings. The smallest absolute Gasteiger partial charge is 0.277 e. The minimum Gasteiger partial charge on any atom is -0.399 e. The average Bonchev–Trinajstić information content (AvgIpc) is 2.97. The molecule has 2 aliphatic rings. The first-order valence-electron chi connectivity index (χ1n) is 8.97. The summed E-state index contributed by atoms with van der Waals surface area (Å²) in [6.45, 7) is 0.134. The number of benzene rings is 1. The normalized spacial score (nSPS) is 19.9. The number of rotatable bonds is 6. The molecular formula is C19H22N6O4. The minimum absolute atomic E-state index is 0.0696. The molecular weight excluding hydrogens is 376 g/mol. The molecule has 5 N–H and O–H groups in total. The molecule has 0 aromatic heterocycles. The van der Waals surface area contributed by atoms with Crippen molar-refractivity contribution in [3.8, 4) is 0 Å². The van der Waals surface area contributed by atoms with E-state index in [1.165, 1.54) is 16.1 Å². The Labute approximate surface area is 167 Å². The molecule has 0 radical (unpaired) electrons. The van der Waals surface area contributed by atoms with E-state index in [-0.39, 0.29) is 25.1 Å². The third-order valence-electron chi connectivity index (χ3n) is 4.65. The van der Waals surface area contributed by atoms with Crippen molar-refractivity contribution in [2.45, 2.75) is 18.9 Å².